The molecular formula is C15H21N5. The summed E-state index contributed by atoms with van der Waals surface area (Å²) < 4.78 is 0. The summed E-state index contributed by atoms with van der Waals surface area (Å²) in [5, 5.41) is 0. The zero-order valence-electron chi connectivity index (χ0n) is 12.5. The Bertz CT molecular complexity index is 595. The Labute approximate surface area is 119 Å². The van der Waals surface area contributed by atoms with E-state index in [1.807, 2.05) is 32.2 Å². The third kappa shape index (κ3) is 3.04. The first-order chi connectivity index (χ1) is 9.49. The molecule has 0 saturated heterocycles. The van der Waals surface area contributed by atoms with Crippen molar-refractivity contribution in [1.29, 1.82) is 0 Å². The molecule has 5 heteroatoms. The molecule has 5 nitrogen and oxygen atoms in total. The van der Waals surface area contributed by atoms with Crippen molar-refractivity contribution in [3.8, 4) is 0 Å². The Morgan fingerprint density at radius 1 is 1.25 bits per heavy atom. The first-order valence-electron chi connectivity index (χ1n) is 6.73. The molecule has 106 valence electrons. The van der Waals surface area contributed by atoms with Crippen LogP contribution in [0.3, 0.4) is 0 Å². The Morgan fingerprint density at radius 3 is 2.65 bits per heavy atom. The highest BCUT2D eigenvalue weighted by Crippen LogP contribution is 2.28. The van der Waals surface area contributed by atoms with Gasteiger partial charge in [-0.1, -0.05) is 19.9 Å². The third-order valence-electron chi connectivity index (χ3n) is 3.18. The maximum absolute atomic E-state index is 5.98. The molecule has 2 heterocycles. The number of nitrogen functional groups attached to an aromatic ring is 1. The molecule has 0 aliphatic heterocycles. The predicted molar refractivity (Wildman–Crippen MR) is 81.6 cm³/mol. The molecule has 0 aromatic carbocycles. The maximum Gasteiger partial charge on any atom is 0.137 e. The number of hydrogen-bond donors (Lipinski definition) is 1. The van der Waals surface area contributed by atoms with E-state index in [0.29, 0.717) is 12.4 Å². The molecule has 0 aliphatic carbocycles. The lowest BCUT2D eigenvalue weighted by Crippen LogP contribution is -2.21. The van der Waals surface area contributed by atoms with Crippen molar-refractivity contribution in [2.45, 2.75) is 33.2 Å². The van der Waals surface area contributed by atoms with E-state index < -0.39 is 0 Å². The molecule has 0 bridgehead atoms. The van der Waals surface area contributed by atoms with Crippen molar-refractivity contribution in [3.05, 3.63) is 41.5 Å². The Balaban J connectivity index is 2.30. The number of pyridine rings is 1. The smallest absolute Gasteiger partial charge is 0.137 e. The molecule has 0 saturated carbocycles. The van der Waals surface area contributed by atoms with E-state index in [-0.39, 0.29) is 5.92 Å². The lowest BCUT2D eigenvalue weighted by Gasteiger charge is -2.23. The van der Waals surface area contributed by atoms with Gasteiger partial charge in [0.25, 0.3) is 0 Å². The summed E-state index contributed by atoms with van der Waals surface area (Å²) in [5.41, 5.74) is 9.00. The summed E-state index contributed by atoms with van der Waals surface area (Å²) in [6, 6.07) is 6.03. The van der Waals surface area contributed by atoms with Crippen molar-refractivity contribution in [3.63, 3.8) is 0 Å². The molecule has 2 aromatic heterocycles. The molecule has 20 heavy (non-hydrogen) atoms. The van der Waals surface area contributed by atoms with Crippen LogP contribution in [0, 0.1) is 6.92 Å². The molecule has 2 N–H and O–H groups in total. The molecule has 0 atom stereocenters. The van der Waals surface area contributed by atoms with E-state index in [0.717, 1.165) is 22.8 Å². The normalized spacial score (nSPS) is 10.8. The zero-order valence-corrected chi connectivity index (χ0v) is 12.5. The molecule has 0 aliphatic rings. The van der Waals surface area contributed by atoms with Crippen LogP contribution in [0.2, 0.25) is 0 Å². The van der Waals surface area contributed by atoms with Gasteiger partial charge in [-0.25, -0.2) is 9.97 Å². The van der Waals surface area contributed by atoms with E-state index in [9.17, 15) is 0 Å². The minimum Gasteiger partial charge on any atom is -0.383 e. The Morgan fingerprint density at radius 2 is 2.00 bits per heavy atom. The summed E-state index contributed by atoms with van der Waals surface area (Å²) in [6.07, 6.45) is 1.51. The summed E-state index contributed by atoms with van der Waals surface area (Å²) in [6.45, 7) is 6.87. The van der Waals surface area contributed by atoms with Gasteiger partial charge >= 0.3 is 0 Å². The van der Waals surface area contributed by atoms with Gasteiger partial charge in [0.2, 0.25) is 0 Å². The second-order valence-electron chi connectivity index (χ2n) is 5.28. The number of nitrogens with two attached hydrogens (primary N) is 1. The first-order valence-corrected chi connectivity index (χ1v) is 6.73. The number of aromatic nitrogens is 3. The van der Waals surface area contributed by atoms with E-state index in [1.54, 1.807) is 0 Å². The summed E-state index contributed by atoms with van der Waals surface area (Å²) in [5.74, 6) is 1.70. The summed E-state index contributed by atoms with van der Waals surface area (Å²) >= 11 is 0. The third-order valence-corrected chi connectivity index (χ3v) is 3.18. The molecule has 2 aromatic rings. The maximum atomic E-state index is 5.98. The molecule has 0 radical (unpaired) electrons. The van der Waals surface area contributed by atoms with Crippen LogP contribution in [-0.2, 0) is 6.54 Å². The van der Waals surface area contributed by atoms with Crippen molar-refractivity contribution in [1.82, 2.24) is 15.0 Å². The summed E-state index contributed by atoms with van der Waals surface area (Å²) in [4.78, 5) is 15.1. The van der Waals surface area contributed by atoms with Crippen molar-refractivity contribution in [2.75, 3.05) is 17.7 Å². The van der Waals surface area contributed by atoms with Gasteiger partial charge in [0.15, 0.2) is 0 Å². The van der Waals surface area contributed by atoms with Gasteiger partial charge in [-0.15, -0.1) is 0 Å². The van der Waals surface area contributed by atoms with Gasteiger partial charge < -0.3 is 10.6 Å². The second kappa shape index (κ2) is 5.86. The SMILES string of the molecule is Cc1cccc(CN(C)c2ncnc(N)c2C(C)C)n1. The van der Waals surface area contributed by atoms with Crippen LogP contribution in [0.5, 0.6) is 0 Å². The number of nitrogens with zero attached hydrogens (tertiary/aromatic N) is 4. The van der Waals surface area contributed by atoms with Gasteiger partial charge in [0, 0.05) is 18.3 Å². The van der Waals surface area contributed by atoms with Crippen LogP contribution in [-0.4, -0.2) is 22.0 Å². The van der Waals surface area contributed by atoms with Gasteiger partial charge in [-0.2, -0.15) is 0 Å². The average molecular weight is 271 g/mol. The molecule has 0 spiro atoms. The number of anilines is 2. The molecule has 2 rings (SSSR count). The molecule has 0 fully saturated rings. The first kappa shape index (κ1) is 14.2. The molecule has 0 amide bonds. The quantitative estimate of drug-likeness (QED) is 0.925. The van der Waals surface area contributed by atoms with Crippen LogP contribution < -0.4 is 10.6 Å². The number of rotatable bonds is 4. The van der Waals surface area contributed by atoms with E-state index in [1.165, 1.54) is 6.33 Å². The lowest BCUT2D eigenvalue weighted by molar-refractivity contribution is 0.801. The van der Waals surface area contributed by atoms with Gasteiger partial charge in [0.1, 0.15) is 18.0 Å². The van der Waals surface area contributed by atoms with Crippen molar-refractivity contribution < 1.29 is 0 Å². The van der Waals surface area contributed by atoms with Crippen LogP contribution in [0.25, 0.3) is 0 Å². The van der Waals surface area contributed by atoms with Gasteiger partial charge in [-0.05, 0) is 25.0 Å². The van der Waals surface area contributed by atoms with Crippen LogP contribution in [0.1, 0.15) is 36.7 Å². The Hall–Kier alpha value is -2.17. The fourth-order valence-corrected chi connectivity index (χ4v) is 2.26. The average Bonchev–Trinajstić information content (AvgIpc) is 2.37. The summed E-state index contributed by atoms with van der Waals surface area (Å²) in [7, 11) is 2.00. The van der Waals surface area contributed by atoms with Gasteiger partial charge in [-0.3, -0.25) is 4.98 Å². The standard InChI is InChI=1S/C15H21N5/c1-10(2)13-14(16)17-9-18-15(13)20(4)8-12-7-5-6-11(3)19-12/h5-7,9-10H,8H2,1-4H3,(H2,16,17,18). The van der Waals surface area contributed by atoms with Crippen molar-refractivity contribution in [2.24, 2.45) is 0 Å². The largest absolute Gasteiger partial charge is 0.383 e. The van der Waals surface area contributed by atoms with Gasteiger partial charge in [0.05, 0.1) is 12.2 Å². The highest BCUT2D eigenvalue weighted by molar-refractivity contribution is 5.57. The lowest BCUT2D eigenvalue weighted by atomic mass is 10.0. The zero-order chi connectivity index (χ0) is 14.7. The topological polar surface area (TPSA) is 67.9 Å². The number of aryl methyl sites for hydroxylation is 1. The van der Waals surface area contributed by atoms with Crippen molar-refractivity contribution >= 4 is 11.6 Å². The minimum atomic E-state index is 0.277. The fraction of sp³-hybridized carbons (Fsp3) is 0.400. The van der Waals surface area contributed by atoms with Crippen LogP contribution in [0.4, 0.5) is 11.6 Å². The molecular weight excluding hydrogens is 250 g/mol. The van der Waals surface area contributed by atoms with E-state index in [4.69, 9.17) is 5.73 Å². The highest BCUT2D eigenvalue weighted by Gasteiger charge is 2.16. The Kier molecular flexibility index (Phi) is 4.17. The monoisotopic (exact) mass is 271 g/mol. The second-order valence-corrected chi connectivity index (χ2v) is 5.28. The van der Waals surface area contributed by atoms with Crippen LogP contribution >= 0.6 is 0 Å². The molecule has 0 unspecified atom stereocenters. The highest BCUT2D eigenvalue weighted by atomic mass is 15.2. The minimum absolute atomic E-state index is 0.277. The van der Waals surface area contributed by atoms with Crippen LogP contribution in [0.15, 0.2) is 24.5 Å². The fourth-order valence-electron chi connectivity index (χ4n) is 2.26. The van der Waals surface area contributed by atoms with E-state index >= 15 is 0 Å². The number of hydrogen-bond acceptors (Lipinski definition) is 5. The van der Waals surface area contributed by atoms with E-state index in [2.05, 4.69) is 33.7 Å². The predicted octanol–water partition coefficient (Wildman–Crippen LogP) is 2.52.